The minimum absolute atomic E-state index is 0.428. The van der Waals surface area contributed by atoms with E-state index < -0.39 is 10.0 Å². The van der Waals surface area contributed by atoms with Gasteiger partial charge in [-0.3, -0.25) is 0 Å². The molecule has 0 aliphatic heterocycles. The zero-order chi connectivity index (χ0) is 11.5. The Labute approximate surface area is 91.8 Å². The molecular formula is C11H17NO2S. The molecule has 0 bridgehead atoms. The van der Waals surface area contributed by atoms with Gasteiger partial charge in [-0.25, -0.2) is 12.7 Å². The second-order valence-electron chi connectivity index (χ2n) is 3.65. The van der Waals surface area contributed by atoms with Gasteiger partial charge in [0.05, 0.1) is 4.90 Å². The van der Waals surface area contributed by atoms with E-state index in [4.69, 9.17) is 0 Å². The van der Waals surface area contributed by atoms with Gasteiger partial charge in [-0.1, -0.05) is 31.5 Å². The van der Waals surface area contributed by atoms with E-state index in [-0.39, 0.29) is 0 Å². The summed E-state index contributed by atoms with van der Waals surface area (Å²) in [5.74, 6) is 0. The lowest BCUT2D eigenvalue weighted by molar-refractivity contribution is 0.519. The van der Waals surface area contributed by atoms with Crippen LogP contribution in [0.4, 0.5) is 0 Å². The summed E-state index contributed by atoms with van der Waals surface area (Å²) < 4.78 is 25.2. The van der Waals surface area contributed by atoms with Crippen molar-refractivity contribution in [3.63, 3.8) is 0 Å². The first-order valence-corrected chi connectivity index (χ1v) is 6.44. The van der Waals surface area contributed by atoms with Gasteiger partial charge in [0.2, 0.25) is 10.0 Å². The smallest absolute Gasteiger partial charge is 0.207 e. The van der Waals surface area contributed by atoms with Crippen molar-refractivity contribution in [2.75, 3.05) is 14.1 Å². The summed E-state index contributed by atoms with van der Waals surface area (Å²) in [7, 11) is -0.189. The van der Waals surface area contributed by atoms with Crippen molar-refractivity contribution in [3.05, 3.63) is 29.8 Å². The molecule has 0 unspecified atom stereocenters. The molecule has 0 aliphatic rings. The molecule has 0 saturated heterocycles. The van der Waals surface area contributed by atoms with Crippen molar-refractivity contribution in [1.29, 1.82) is 0 Å². The van der Waals surface area contributed by atoms with Gasteiger partial charge in [0.15, 0.2) is 0 Å². The molecule has 0 aliphatic carbocycles. The first-order valence-electron chi connectivity index (χ1n) is 5.00. The Morgan fingerprint density at radius 2 is 1.80 bits per heavy atom. The summed E-state index contributed by atoms with van der Waals surface area (Å²) in [5, 5.41) is 0. The molecule has 0 radical (unpaired) electrons. The minimum atomic E-state index is -3.30. The average molecular weight is 227 g/mol. The minimum Gasteiger partial charge on any atom is -0.207 e. The molecule has 0 aromatic heterocycles. The Hall–Kier alpha value is -0.870. The number of nitrogens with zero attached hydrogens (tertiary/aromatic N) is 1. The number of benzene rings is 1. The van der Waals surface area contributed by atoms with Crippen molar-refractivity contribution in [2.45, 2.75) is 24.7 Å². The molecule has 1 aromatic rings. The maximum atomic E-state index is 12.0. The summed E-state index contributed by atoms with van der Waals surface area (Å²) in [6.45, 7) is 2.04. The van der Waals surface area contributed by atoms with Crippen LogP contribution in [-0.2, 0) is 16.4 Å². The van der Waals surface area contributed by atoms with Crippen molar-refractivity contribution in [1.82, 2.24) is 4.31 Å². The van der Waals surface area contributed by atoms with Crippen molar-refractivity contribution in [2.24, 2.45) is 0 Å². The lowest BCUT2D eigenvalue weighted by atomic mass is 10.1. The van der Waals surface area contributed by atoms with Crippen molar-refractivity contribution in [3.8, 4) is 0 Å². The topological polar surface area (TPSA) is 37.4 Å². The first kappa shape index (κ1) is 12.2. The molecule has 0 amide bonds. The fourth-order valence-electron chi connectivity index (χ4n) is 1.43. The van der Waals surface area contributed by atoms with E-state index in [0.29, 0.717) is 4.90 Å². The van der Waals surface area contributed by atoms with E-state index in [1.807, 2.05) is 19.1 Å². The third-order valence-corrected chi connectivity index (χ3v) is 4.17. The fraction of sp³-hybridized carbons (Fsp3) is 0.455. The van der Waals surface area contributed by atoms with Crippen LogP contribution in [0.2, 0.25) is 0 Å². The molecule has 0 atom stereocenters. The Morgan fingerprint density at radius 1 is 1.20 bits per heavy atom. The zero-order valence-corrected chi connectivity index (χ0v) is 10.2. The predicted molar refractivity (Wildman–Crippen MR) is 61.3 cm³/mol. The fourth-order valence-corrected chi connectivity index (χ4v) is 2.57. The molecule has 0 fully saturated rings. The molecule has 15 heavy (non-hydrogen) atoms. The standard InChI is InChI=1S/C11H17NO2S/c1-4-7-10-8-5-6-9-11(10)15(13,14)12(2)3/h5-6,8-9H,4,7H2,1-3H3. The van der Waals surface area contributed by atoms with Gasteiger partial charge in [0, 0.05) is 14.1 Å². The second-order valence-corrected chi connectivity index (χ2v) is 5.77. The molecule has 84 valence electrons. The highest BCUT2D eigenvalue weighted by Gasteiger charge is 2.19. The van der Waals surface area contributed by atoms with E-state index in [0.717, 1.165) is 18.4 Å². The highest BCUT2D eigenvalue weighted by Crippen LogP contribution is 2.19. The van der Waals surface area contributed by atoms with Crippen LogP contribution in [-0.4, -0.2) is 26.8 Å². The van der Waals surface area contributed by atoms with Gasteiger partial charge in [0.1, 0.15) is 0 Å². The summed E-state index contributed by atoms with van der Waals surface area (Å²) in [6, 6.07) is 7.18. The molecule has 0 saturated carbocycles. The Morgan fingerprint density at radius 3 is 2.33 bits per heavy atom. The first-order chi connectivity index (χ1) is 7.00. The van der Waals surface area contributed by atoms with Crippen LogP contribution < -0.4 is 0 Å². The molecule has 4 heteroatoms. The normalized spacial score (nSPS) is 12.0. The summed E-state index contributed by atoms with van der Waals surface area (Å²) in [5.41, 5.74) is 0.897. The molecule has 0 heterocycles. The van der Waals surface area contributed by atoms with E-state index in [1.165, 1.54) is 4.31 Å². The van der Waals surface area contributed by atoms with E-state index >= 15 is 0 Å². The molecule has 3 nitrogen and oxygen atoms in total. The number of rotatable bonds is 4. The predicted octanol–water partition coefficient (Wildman–Crippen LogP) is 1.89. The third-order valence-electron chi connectivity index (χ3n) is 2.25. The molecule has 0 N–H and O–H groups in total. The van der Waals surface area contributed by atoms with E-state index in [9.17, 15) is 8.42 Å². The molecule has 1 rings (SSSR count). The average Bonchev–Trinajstić information content (AvgIpc) is 2.18. The lowest BCUT2D eigenvalue weighted by Gasteiger charge is -2.14. The molecule has 1 aromatic carbocycles. The summed E-state index contributed by atoms with van der Waals surface area (Å²) >= 11 is 0. The van der Waals surface area contributed by atoms with Crippen molar-refractivity contribution < 1.29 is 8.42 Å². The highest BCUT2D eigenvalue weighted by molar-refractivity contribution is 7.89. The highest BCUT2D eigenvalue weighted by atomic mass is 32.2. The number of sulfonamides is 1. The van der Waals surface area contributed by atoms with Gasteiger partial charge >= 0.3 is 0 Å². The van der Waals surface area contributed by atoms with Crippen LogP contribution in [0.25, 0.3) is 0 Å². The van der Waals surface area contributed by atoms with Gasteiger partial charge in [0.25, 0.3) is 0 Å². The van der Waals surface area contributed by atoms with Crippen molar-refractivity contribution >= 4 is 10.0 Å². The maximum Gasteiger partial charge on any atom is 0.242 e. The number of hydrogen-bond acceptors (Lipinski definition) is 2. The Bertz CT molecular complexity index is 424. The number of aryl methyl sites for hydroxylation is 1. The largest absolute Gasteiger partial charge is 0.242 e. The van der Waals surface area contributed by atoms with E-state index in [2.05, 4.69) is 0 Å². The Kier molecular flexibility index (Phi) is 3.88. The van der Waals surface area contributed by atoms with Crippen LogP contribution >= 0.6 is 0 Å². The van der Waals surface area contributed by atoms with Gasteiger partial charge < -0.3 is 0 Å². The zero-order valence-electron chi connectivity index (χ0n) is 9.40. The third kappa shape index (κ3) is 2.58. The van der Waals surface area contributed by atoms with Gasteiger partial charge in [-0.15, -0.1) is 0 Å². The second kappa shape index (κ2) is 4.77. The summed E-state index contributed by atoms with van der Waals surface area (Å²) in [6.07, 6.45) is 1.74. The monoisotopic (exact) mass is 227 g/mol. The van der Waals surface area contributed by atoms with Crippen LogP contribution in [0, 0.1) is 0 Å². The van der Waals surface area contributed by atoms with Gasteiger partial charge in [-0.2, -0.15) is 0 Å². The number of hydrogen-bond donors (Lipinski definition) is 0. The van der Waals surface area contributed by atoms with Crippen LogP contribution in [0.1, 0.15) is 18.9 Å². The van der Waals surface area contributed by atoms with Gasteiger partial charge in [-0.05, 0) is 18.1 Å². The molecular weight excluding hydrogens is 210 g/mol. The lowest BCUT2D eigenvalue weighted by Crippen LogP contribution is -2.23. The van der Waals surface area contributed by atoms with Crippen LogP contribution in [0.3, 0.4) is 0 Å². The van der Waals surface area contributed by atoms with Crippen LogP contribution in [0.5, 0.6) is 0 Å². The SMILES string of the molecule is CCCc1ccccc1S(=O)(=O)N(C)C. The Balaban J connectivity index is 3.25. The van der Waals surface area contributed by atoms with E-state index in [1.54, 1.807) is 26.2 Å². The molecule has 0 spiro atoms. The summed E-state index contributed by atoms with van der Waals surface area (Å²) in [4.78, 5) is 0.428. The van der Waals surface area contributed by atoms with Crippen LogP contribution in [0.15, 0.2) is 29.2 Å². The quantitative estimate of drug-likeness (QED) is 0.787. The maximum absolute atomic E-state index is 12.0.